The average molecular weight is 376 g/mol. The van der Waals surface area contributed by atoms with E-state index in [4.69, 9.17) is 5.26 Å². The van der Waals surface area contributed by atoms with Crippen molar-refractivity contribution in [1.29, 1.82) is 5.26 Å². The Bertz CT molecular complexity index is 878. The van der Waals surface area contributed by atoms with Gasteiger partial charge in [0.25, 0.3) is 5.91 Å². The number of nitrogens with zero attached hydrogens (tertiary/aromatic N) is 3. The Labute approximate surface area is 165 Å². The van der Waals surface area contributed by atoms with Crippen LogP contribution in [-0.2, 0) is 11.2 Å². The predicted octanol–water partition coefficient (Wildman–Crippen LogP) is 2.52. The number of benzene rings is 2. The van der Waals surface area contributed by atoms with Gasteiger partial charge in [0.1, 0.15) is 0 Å². The van der Waals surface area contributed by atoms with Crippen LogP contribution in [0.1, 0.15) is 28.4 Å². The summed E-state index contributed by atoms with van der Waals surface area (Å²) in [7, 11) is 0. The summed E-state index contributed by atoms with van der Waals surface area (Å²) < 4.78 is 0. The number of amides is 2. The van der Waals surface area contributed by atoms with Gasteiger partial charge in [0, 0.05) is 50.9 Å². The molecule has 1 saturated heterocycles. The van der Waals surface area contributed by atoms with E-state index >= 15 is 0 Å². The molecule has 3 rings (SSSR count). The van der Waals surface area contributed by atoms with E-state index in [-0.39, 0.29) is 11.8 Å². The van der Waals surface area contributed by atoms with Gasteiger partial charge in [0.15, 0.2) is 0 Å². The van der Waals surface area contributed by atoms with Crippen LogP contribution in [0, 0.1) is 11.3 Å². The maximum atomic E-state index is 12.6. The second kappa shape index (κ2) is 9.16. The fraction of sp³-hybridized carbons (Fsp3) is 0.318. The number of piperazine rings is 1. The van der Waals surface area contributed by atoms with Gasteiger partial charge < -0.3 is 10.2 Å². The average Bonchev–Trinajstić information content (AvgIpc) is 2.73. The Morgan fingerprint density at radius 1 is 1.07 bits per heavy atom. The molecule has 1 aliphatic heterocycles. The smallest absolute Gasteiger partial charge is 0.253 e. The second-order valence-electron chi connectivity index (χ2n) is 6.95. The van der Waals surface area contributed by atoms with Gasteiger partial charge in [0.05, 0.1) is 11.6 Å². The van der Waals surface area contributed by atoms with Crippen LogP contribution < -0.4 is 5.32 Å². The van der Waals surface area contributed by atoms with E-state index in [1.807, 2.05) is 29.2 Å². The zero-order valence-corrected chi connectivity index (χ0v) is 16.0. The first-order chi connectivity index (χ1) is 13.5. The summed E-state index contributed by atoms with van der Waals surface area (Å²) in [4.78, 5) is 27.9. The molecular formula is C22H24N4O2. The highest BCUT2D eigenvalue weighted by Gasteiger charge is 2.22. The molecule has 1 N–H and O–H groups in total. The number of hydrogen-bond acceptors (Lipinski definition) is 4. The molecule has 0 aliphatic carbocycles. The minimum Gasteiger partial charge on any atom is -0.336 e. The summed E-state index contributed by atoms with van der Waals surface area (Å²) in [6, 6.07) is 16.9. The summed E-state index contributed by atoms with van der Waals surface area (Å²) in [5.41, 5.74) is 3.12. The largest absolute Gasteiger partial charge is 0.336 e. The van der Waals surface area contributed by atoms with Crippen molar-refractivity contribution in [3.63, 3.8) is 0 Å². The van der Waals surface area contributed by atoms with Crippen molar-refractivity contribution < 1.29 is 9.59 Å². The highest BCUT2D eigenvalue weighted by Crippen LogP contribution is 2.13. The third-order valence-corrected chi connectivity index (χ3v) is 4.89. The van der Waals surface area contributed by atoms with Crippen molar-refractivity contribution in [3.05, 3.63) is 65.2 Å². The fourth-order valence-electron chi connectivity index (χ4n) is 3.32. The van der Waals surface area contributed by atoms with Gasteiger partial charge in [-0.25, -0.2) is 0 Å². The van der Waals surface area contributed by atoms with Crippen LogP contribution in [0.15, 0.2) is 48.5 Å². The molecule has 1 fully saturated rings. The molecule has 0 unspecified atom stereocenters. The van der Waals surface area contributed by atoms with Crippen molar-refractivity contribution in [2.75, 3.05) is 38.0 Å². The number of hydrogen-bond donors (Lipinski definition) is 1. The summed E-state index contributed by atoms with van der Waals surface area (Å²) in [6.45, 7) is 5.50. The number of anilines is 1. The minimum atomic E-state index is -0.0699. The zero-order valence-electron chi connectivity index (χ0n) is 16.0. The van der Waals surface area contributed by atoms with Gasteiger partial charge >= 0.3 is 0 Å². The molecule has 6 heteroatoms. The maximum Gasteiger partial charge on any atom is 0.253 e. The van der Waals surface area contributed by atoms with Crippen LogP contribution in [0.5, 0.6) is 0 Å². The normalized spacial score (nSPS) is 14.4. The Balaban J connectivity index is 1.47. The quantitative estimate of drug-likeness (QED) is 0.870. The van der Waals surface area contributed by atoms with Crippen LogP contribution in [-0.4, -0.2) is 54.3 Å². The monoisotopic (exact) mass is 376 g/mol. The Morgan fingerprint density at radius 3 is 2.43 bits per heavy atom. The van der Waals surface area contributed by atoms with E-state index in [1.165, 1.54) is 12.5 Å². The molecule has 0 radical (unpaired) electrons. The van der Waals surface area contributed by atoms with Crippen LogP contribution in [0.4, 0.5) is 5.69 Å². The van der Waals surface area contributed by atoms with Crippen molar-refractivity contribution >= 4 is 17.5 Å². The number of rotatable bonds is 5. The SMILES string of the molecule is CC(=O)Nc1ccc(CCN2CCN(C(=O)c3cccc(C#N)c3)CC2)cc1. The number of carbonyl (C=O) groups is 2. The molecule has 0 bridgehead atoms. The number of nitriles is 1. The van der Waals surface area contributed by atoms with Crippen molar-refractivity contribution in [1.82, 2.24) is 9.80 Å². The summed E-state index contributed by atoms with van der Waals surface area (Å²) in [5, 5.41) is 11.8. The van der Waals surface area contributed by atoms with Gasteiger partial charge in [0.2, 0.25) is 5.91 Å². The van der Waals surface area contributed by atoms with Crippen molar-refractivity contribution in [3.8, 4) is 6.07 Å². The Kier molecular flexibility index (Phi) is 6.41. The molecule has 1 aliphatic rings. The third kappa shape index (κ3) is 5.18. The molecule has 6 nitrogen and oxygen atoms in total. The van der Waals surface area contributed by atoms with Crippen molar-refractivity contribution in [2.24, 2.45) is 0 Å². The Morgan fingerprint density at radius 2 is 1.79 bits per heavy atom. The van der Waals surface area contributed by atoms with E-state index in [2.05, 4.69) is 16.3 Å². The first-order valence-electron chi connectivity index (χ1n) is 9.43. The predicted molar refractivity (Wildman–Crippen MR) is 108 cm³/mol. The highest BCUT2D eigenvalue weighted by molar-refractivity contribution is 5.94. The summed E-state index contributed by atoms with van der Waals surface area (Å²) >= 11 is 0. The molecular weight excluding hydrogens is 352 g/mol. The zero-order chi connectivity index (χ0) is 19.9. The highest BCUT2D eigenvalue weighted by atomic mass is 16.2. The van der Waals surface area contributed by atoms with E-state index in [9.17, 15) is 9.59 Å². The molecule has 2 aromatic rings. The summed E-state index contributed by atoms with van der Waals surface area (Å²) in [6.07, 6.45) is 0.929. The molecule has 0 aromatic heterocycles. The lowest BCUT2D eigenvalue weighted by Gasteiger charge is -2.34. The van der Waals surface area contributed by atoms with Crippen LogP contribution >= 0.6 is 0 Å². The van der Waals surface area contributed by atoms with Gasteiger partial charge in [-0.3, -0.25) is 14.5 Å². The van der Waals surface area contributed by atoms with Gasteiger partial charge in [-0.2, -0.15) is 5.26 Å². The minimum absolute atomic E-state index is 0.00897. The fourth-order valence-corrected chi connectivity index (χ4v) is 3.32. The molecule has 0 spiro atoms. The first-order valence-corrected chi connectivity index (χ1v) is 9.43. The van der Waals surface area contributed by atoms with E-state index in [0.717, 1.165) is 31.7 Å². The summed E-state index contributed by atoms with van der Waals surface area (Å²) in [5.74, 6) is -0.0789. The first kappa shape index (κ1) is 19.6. The van der Waals surface area contributed by atoms with Crippen LogP contribution in [0.25, 0.3) is 0 Å². The molecule has 1 heterocycles. The molecule has 144 valence electrons. The number of carbonyl (C=O) groups excluding carboxylic acids is 2. The van der Waals surface area contributed by atoms with Gasteiger partial charge in [-0.05, 0) is 42.3 Å². The van der Waals surface area contributed by atoms with Crippen LogP contribution in [0.3, 0.4) is 0 Å². The molecule has 0 saturated carbocycles. The molecule has 2 aromatic carbocycles. The molecule has 28 heavy (non-hydrogen) atoms. The lowest BCUT2D eigenvalue weighted by atomic mass is 10.1. The van der Waals surface area contributed by atoms with Gasteiger partial charge in [-0.15, -0.1) is 0 Å². The topological polar surface area (TPSA) is 76.4 Å². The van der Waals surface area contributed by atoms with Crippen LogP contribution in [0.2, 0.25) is 0 Å². The second-order valence-corrected chi connectivity index (χ2v) is 6.95. The standard InChI is InChI=1S/C22H24N4O2/c1-17(27)24-21-7-5-18(6-8-21)9-10-25-11-13-26(14-12-25)22(28)20-4-2-3-19(15-20)16-23/h2-8,15H,9-14H2,1H3,(H,24,27). The lowest BCUT2D eigenvalue weighted by Crippen LogP contribution is -2.49. The van der Waals surface area contributed by atoms with E-state index < -0.39 is 0 Å². The molecule has 2 amide bonds. The Hall–Kier alpha value is -3.17. The maximum absolute atomic E-state index is 12.6. The number of nitrogens with one attached hydrogen (secondary N) is 1. The van der Waals surface area contributed by atoms with Crippen molar-refractivity contribution in [2.45, 2.75) is 13.3 Å². The lowest BCUT2D eigenvalue weighted by molar-refractivity contribution is -0.114. The molecule has 0 atom stereocenters. The van der Waals surface area contributed by atoms with Gasteiger partial charge in [-0.1, -0.05) is 18.2 Å². The third-order valence-electron chi connectivity index (χ3n) is 4.89. The van der Waals surface area contributed by atoms with E-state index in [1.54, 1.807) is 24.3 Å². The van der Waals surface area contributed by atoms with E-state index in [0.29, 0.717) is 24.2 Å².